The molecule has 1 fully saturated rings. The highest BCUT2D eigenvalue weighted by atomic mass is 32.1. The van der Waals surface area contributed by atoms with E-state index in [-0.39, 0.29) is 5.91 Å². The minimum Gasteiger partial charge on any atom is -0.317 e. The van der Waals surface area contributed by atoms with E-state index >= 15 is 0 Å². The fourth-order valence-electron chi connectivity index (χ4n) is 2.40. The van der Waals surface area contributed by atoms with Gasteiger partial charge in [0, 0.05) is 16.6 Å². The van der Waals surface area contributed by atoms with Crippen LogP contribution in [0.5, 0.6) is 0 Å². The zero-order valence-corrected chi connectivity index (χ0v) is 12.0. The fraction of sp³-hybridized carbons (Fsp3) is 0.333. The lowest BCUT2D eigenvalue weighted by Crippen LogP contribution is -2.26. The number of thiazole rings is 1. The Morgan fingerprint density at radius 3 is 2.75 bits per heavy atom. The Bertz CT molecular complexity index is 576. The van der Waals surface area contributed by atoms with Crippen LogP contribution in [-0.4, -0.2) is 24.0 Å². The van der Waals surface area contributed by atoms with Crippen LogP contribution in [0.2, 0.25) is 0 Å². The van der Waals surface area contributed by atoms with Gasteiger partial charge in [0.1, 0.15) is 0 Å². The van der Waals surface area contributed by atoms with E-state index in [9.17, 15) is 4.79 Å². The molecule has 3 rings (SSSR count). The number of nitrogens with zero attached hydrogens (tertiary/aromatic N) is 1. The van der Waals surface area contributed by atoms with Gasteiger partial charge in [-0.25, -0.2) is 4.98 Å². The maximum Gasteiger partial charge on any atom is 0.257 e. The van der Waals surface area contributed by atoms with Crippen LogP contribution in [0.25, 0.3) is 0 Å². The summed E-state index contributed by atoms with van der Waals surface area (Å²) in [7, 11) is 0. The van der Waals surface area contributed by atoms with Gasteiger partial charge in [-0.05, 0) is 44.0 Å². The highest BCUT2D eigenvalue weighted by Crippen LogP contribution is 2.31. The van der Waals surface area contributed by atoms with Crippen LogP contribution in [0.1, 0.15) is 34.0 Å². The number of carbonyl (C=O) groups excluding carboxylic acids is 1. The standard InChI is InChI=1S/C15H17N3OS/c19-14(12-4-2-1-3-5-12)18-15-17-10-13(20-15)11-6-8-16-9-7-11/h1-5,10-11,16H,6-9H2,(H,17,18,19). The largest absolute Gasteiger partial charge is 0.317 e. The SMILES string of the molecule is O=C(Nc1ncc(C2CCNCC2)s1)c1ccccc1. The molecule has 0 bridgehead atoms. The molecule has 104 valence electrons. The number of piperidine rings is 1. The number of benzene rings is 1. The normalized spacial score (nSPS) is 16.0. The van der Waals surface area contributed by atoms with Gasteiger partial charge in [0.2, 0.25) is 0 Å². The van der Waals surface area contributed by atoms with E-state index in [1.54, 1.807) is 23.5 Å². The Morgan fingerprint density at radius 1 is 1.25 bits per heavy atom. The quantitative estimate of drug-likeness (QED) is 0.912. The van der Waals surface area contributed by atoms with E-state index < -0.39 is 0 Å². The predicted octanol–water partition coefficient (Wildman–Crippen LogP) is 2.86. The number of anilines is 1. The van der Waals surface area contributed by atoms with Crippen LogP contribution in [0.4, 0.5) is 5.13 Å². The predicted molar refractivity (Wildman–Crippen MR) is 81.4 cm³/mol. The topological polar surface area (TPSA) is 54.0 Å². The summed E-state index contributed by atoms with van der Waals surface area (Å²) >= 11 is 1.59. The summed E-state index contributed by atoms with van der Waals surface area (Å²) in [5.74, 6) is 0.480. The highest BCUT2D eigenvalue weighted by molar-refractivity contribution is 7.15. The van der Waals surface area contributed by atoms with Gasteiger partial charge in [-0.2, -0.15) is 0 Å². The van der Waals surface area contributed by atoms with Crippen molar-refractivity contribution in [2.75, 3.05) is 18.4 Å². The van der Waals surface area contributed by atoms with Crippen LogP contribution in [-0.2, 0) is 0 Å². The molecule has 0 radical (unpaired) electrons. The molecule has 20 heavy (non-hydrogen) atoms. The average Bonchev–Trinajstić information content (AvgIpc) is 2.97. The van der Waals surface area contributed by atoms with Crippen molar-refractivity contribution in [1.29, 1.82) is 0 Å². The molecule has 5 heteroatoms. The monoisotopic (exact) mass is 287 g/mol. The van der Waals surface area contributed by atoms with Crippen LogP contribution in [0.15, 0.2) is 36.5 Å². The van der Waals surface area contributed by atoms with Gasteiger partial charge in [0.25, 0.3) is 5.91 Å². The molecule has 2 aromatic rings. The molecular weight excluding hydrogens is 270 g/mol. The Labute approximate surface area is 122 Å². The molecule has 4 nitrogen and oxygen atoms in total. The summed E-state index contributed by atoms with van der Waals surface area (Å²) in [5, 5.41) is 6.92. The van der Waals surface area contributed by atoms with Crippen molar-refractivity contribution < 1.29 is 4.79 Å². The first-order valence-corrected chi connectivity index (χ1v) is 7.67. The molecule has 1 amide bonds. The molecule has 1 aromatic carbocycles. The number of carbonyl (C=O) groups is 1. The van der Waals surface area contributed by atoms with Crippen molar-refractivity contribution in [3.8, 4) is 0 Å². The lowest BCUT2D eigenvalue weighted by Gasteiger charge is -2.20. The van der Waals surface area contributed by atoms with E-state index in [2.05, 4.69) is 15.6 Å². The molecule has 2 N–H and O–H groups in total. The summed E-state index contributed by atoms with van der Waals surface area (Å²) in [6.45, 7) is 2.13. The van der Waals surface area contributed by atoms with Crippen LogP contribution >= 0.6 is 11.3 Å². The number of hydrogen-bond donors (Lipinski definition) is 2. The molecule has 1 aromatic heterocycles. The molecule has 0 saturated carbocycles. The lowest BCUT2D eigenvalue weighted by molar-refractivity contribution is 0.102. The molecule has 0 atom stereocenters. The third-order valence-corrected chi connectivity index (χ3v) is 4.60. The van der Waals surface area contributed by atoms with Gasteiger partial charge < -0.3 is 5.32 Å². The first kappa shape index (κ1) is 13.3. The van der Waals surface area contributed by atoms with E-state index in [1.165, 1.54) is 4.88 Å². The van der Waals surface area contributed by atoms with Crippen LogP contribution in [0.3, 0.4) is 0 Å². The van der Waals surface area contributed by atoms with Gasteiger partial charge in [-0.3, -0.25) is 10.1 Å². The van der Waals surface area contributed by atoms with E-state index in [0.717, 1.165) is 25.9 Å². The minimum absolute atomic E-state index is 0.100. The van der Waals surface area contributed by atoms with Crippen LogP contribution < -0.4 is 10.6 Å². The van der Waals surface area contributed by atoms with Crippen LogP contribution in [0, 0.1) is 0 Å². The zero-order chi connectivity index (χ0) is 13.8. The van der Waals surface area contributed by atoms with Crippen molar-refractivity contribution in [3.05, 3.63) is 47.0 Å². The summed E-state index contributed by atoms with van der Waals surface area (Å²) in [6.07, 6.45) is 4.20. The first-order chi connectivity index (χ1) is 9.83. The van der Waals surface area contributed by atoms with Gasteiger partial charge in [-0.1, -0.05) is 18.2 Å². The number of rotatable bonds is 3. The molecule has 0 unspecified atom stereocenters. The lowest BCUT2D eigenvalue weighted by atomic mass is 9.97. The first-order valence-electron chi connectivity index (χ1n) is 6.86. The van der Waals surface area contributed by atoms with Gasteiger partial charge in [0.05, 0.1) is 0 Å². The maximum atomic E-state index is 12.0. The Balaban J connectivity index is 1.66. The van der Waals surface area contributed by atoms with E-state index in [1.807, 2.05) is 24.4 Å². The molecule has 1 aliphatic heterocycles. The Morgan fingerprint density at radius 2 is 2.00 bits per heavy atom. The molecule has 1 aliphatic rings. The van der Waals surface area contributed by atoms with Crippen molar-refractivity contribution in [1.82, 2.24) is 10.3 Å². The maximum absolute atomic E-state index is 12.0. The fourth-order valence-corrected chi connectivity index (χ4v) is 3.38. The van der Waals surface area contributed by atoms with Gasteiger partial charge in [-0.15, -0.1) is 11.3 Å². The zero-order valence-electron chi connectivity index (χ0n) is 11.1. The molecule has 2 heterocycles. The highest BCUT2D eigenvalue weighted by Gasteiger charge is 2.18. The van der Waals surface area contributed by atoms with Gasteiger partial charge in [0.15, 0.2) is 5.13 Å². The third-order valence-electron chi connectivity index (χ3n) is 3.52. The summed E-state index contributed by atoms with van der Waals surface area (Å²) in [6, 6.07) is 9.22. The van der Waals surface area contributed by atoms with Crippen molar-refractivity contribution >= 4 is 22.4 Å². The van der Waals surface area contributed by atoms with Crippen molar-refractivity contribution in [3.63, 3.8) is 0 Å². The number of amides is 1. The smallest absolute Gasteiger partial charge is 0.257 e. The second-order valence-corrected chi connectivity index (χ2v) is 5.97. The van der Waals surface area contributed by atoms with Gasteiger partial charge >= 0.3 is 0 Å². The minimum atomic E-state index is -0.100. The third kappa shape index (κ3) is 3.05. The number of nitrogens with one attached hydrogen (secondary N) is 2. The Hall–Kier alpha value is -1.72. The summed E-state index contributed by atoms with van der Waals surface area (Å²) in [5.41, 5.74) is 0.658. The molecule has 1 saturated heterocycles. The van der Waals surface area contributed by atoms with E-state index in [0.29, 0.717) is 16.6 Å². The summed E-state index contributed by atoms with van der Waals surface area (Å²) in [4.78, 5) is 17.6. The Kier molecular flexibility index (Phi) is 4.08. The van der Waals surface area contributed by atoms with Crippen molar-refractivity contribution in [2.24, 2.45) is 0 Å². The number of aromatic nitrogens is 1. The second-order valence-electron chi connectivity index (χ2n) is 4.91. The average molecular weight is 287 g/mol. The molecular formula is C15H17N3OS. The van der Waals surface area contributed by atoms with E-state index in [4.69, 9.17) is 0 Å². The molecule has 0 spiro atoms. The second kappa shape index (κ2) is 6.15. The summed E-state index contributed by atoms with van der Waals surface area (Å²) < 4.78 is 0. The number of hydrogen-bond acceptors (Lipinski definition) is 4. The van der Waals surface area contributed by atoms with Crippen molar-refractivity contribution in [2.45, 2.75) is 18.8 Å². The molecule has 0 aliphatic carbocycles.